The van der Waals surface area contributed by atoms with E-state index < -0.39 is 10.0 Å². The molecule has 0 atom stereocenters. The molecule has 0 N–H and O–H groups in total. The van der Waals surface area contributed by atoms with Crippen LogP contribution in [0.2, 0.25) is 0 Å². The molecule has 0 saturated carbocycles. The van der Waals surface area contributed by atoms with Gasteiger partial charge in [0.15, 0.2) is 0 Å². The molecule has 0 bridgehead atoms. The Hall–Kier alpha value is -3.38. The number of benzene rings is 3. The molecule has 4 rings (SSSR count). The highest BCUT2D eigenvalue weighted by atomic mass is 32.2. The molecule has 1 fully saturated rings. The first kappa shape index (κ1) is 22.8. The molecule has 1 heterocycles. The standard InChI is InChI=1S/C25H24N2O5S/c26-19-20-1-3-21(4-2-20)22-5-7-23(8-6-22)31-17-18-32-24-9-11-25(12-10-24)33(28,29)27-13-15-30-16-14-27/h1-12H,13-18H2. The van der Waals surface area contributed by atoms with E-state index >= 15 is 0 Å². The maximum absolute atomic E-state index is 12.7. The van der Waals surface area contributed by atoms with E-state index in [1.54, 1.807) is 36.4 Å². The summed E-state index contributed by atoms with van der Waals surface area (Å²) in [7, 11) is -3.51. The fourth-order valence-electron chi connectivity index (χ4n) is 3.44. The van der Waals surface area contributed by atoms with Gasteiger partial charge >= 0.3 is 0 Å². The third kappa shape index (κ3) is 5.71. The van der Waals surface area contributed by atoms with Crippen LogP contribution < -0.4 is 9.47 Å². The van der Waals surface area contributed by atoms with Crippen molar-refractivity contribution >= 4 is 10.0 Å². The van der Waals surface area contributed by atoms with Crippen molar-refractivity contribution in [3.63, 3.8) is 0 Å². The van der Waals surface area contributed by atoms with Crippen molar-refractivity contribution in [1.82, 2.24) is 4.31 Å². The van der Waals surface area contributed by atoms with E-state index in [-0.39, 0.29) is 4.90 Å². The normalized spacial score (nSPS) is 14.4. The lowest BCUT2D eigenvalue weighted by Gasteiger charge is -2.26. The predicted octanol–water partition coefficient (Wildman–Crippen LogP) is 3.70. The van der Waals surface area contributed by atoms with Gasteiger partial charge in [0.25, 0.3) is 0 Å². The van der Waals surface area contributed by atoms with Gasteiger partial charge < -0.3 is 14.2 Å². The molecular formula is C25H24N2O5S. The van der Waals surface area contributed by atoms with Crippen molar-refractivity contribution in [2.75, 3.05) is 39.5 Å². The maximum atomic E-state index is 12.7. The summed E-state index contributed by atoms with van der Waals surface area (Å²) >= 11 is 0. The average molecular weight is 465 g/mol. The lowest BCUT2D eigenvalue weighted by molar-refractivity contribution is 0.0730. The topological polar surface area (TPSA) is 88.9 Å². The molecule has 3 aromatic rings. The van der Waals surface area contributed by atoms with Crippen LogP contribution in [0.25, 0.3) is 11.1 Å². The molecule has 0 amide bonds. The molecule has 7 nitrogen and oxygen atoms in total. The van der Waals surface area contributed by atoms with Gasteiger partial charge in [-0.3, -0.25) is 0 Å². The minimum Gasteiger partial charge on any atom is -0.490 e. The van der Waals surface area contributed by atoms with Gasteiger partial charge in [0.05, 0.1) is 29.7 Å². The highest BCUT2D eigenvalue weighted by molar-refractivity contribution is 7.89. The molecule has 0 spiro atoms. The number of hydrogen-bond acceptors (Lipinski definition) is 6. The van der Waals surface area contributed by atoms with Crippen LogP contribution in [0.3, 0.4) is 0 Å². The van der Waals surface area contributed by atoms with Crippen LogP contribution in [0.1, 0.15) is 5.56 Å². The molecule has 1 saturated heterocycles. The third-order valence-corrected chi connectivity index (χ3v) is 7.17. The second-order valence-electron chi connectivity index (χ2n) is 7.40. The van der Waals surface area contributed by atoms with Crippen molar-refractivity contribution in [1.29, 1.82) is 5.26 Å². The number of nitrogens with zero attached hydrogens (tertiary/aromatic N) is 2. The first-order valence-corrected chi connectivity index (χ1v) is 12.0. The summed E-state index contributed by atoms with van der Waals surface area (Å²) in [5.74, 6) is 1.30. The molecule has 0 unspecified atom stereocenters. The smallest absolute Gasteiger partial charge is 0.243 e. The van der Waals surface area contributed by atoms with E-state index in [2.05, 4.69) is 6.07 Å². The monoisotopic (exact) mass is 464 g/mol. The van der Waals surface area contributed by atoms with Crippen molar-refractivity contribution in [2.45, 2.75) is 4.90 Å². The zero-order valence-electron chi connectivity index (χ0n) is 18.0. The van der Waals surface area contributed by atoms with Crippen molar-refractivity contribution in [2.24, 2.45) is 0 Å². The van der Waals surface area contributed by atoms with Gasteiger partial charge in [-0.1, -0.05) is 24.3 Å². The summed E-state index contributed by atoms with van der Waals surface area (Å²) in [6, 6.07) is 23.7. The van der Waals surface area contributed by atoms with E-state index in [9.17, 15) is 8.42 Å². The Balaban J connectivity index is 1.25. The van der Waals surface area contributed by atoms with E-state index in [1.807, 2.05) is 36.4 Å². The molecule has 0 aliphatic carbocycles. The molecule has 33 heavy (non-hydrogen) atoms. The Morgan fingerprint density at radius 2 is 1.27 bits per heavy atom. The summed E-state index contributed by atoms with van der Waals surface area (Å²) in [5.41, 5.74) is 2.70. The molecule has 3 aromatic carbocycles. The summed E-state index contributed by atoms with van der Waals surface area (Å²) in [5, 5.41) is 8.90. The highest BCUT2D eigenvalue weighted by Gasteiger charge is 2.26. The van der Waals surface area contributed by atoms with Crippen molar-refractivity contribution in [3.05, 3.63) is 78.4 Å². The second-order valence-corrected chi connectivity index (χ2v) is 9.34. The molecule has 8 heteroatoms. The molecule has 1 aliphatic rings. The number of rotatable bonds is 8. The number of morpholine rings is 1. The van der Waals surface area contributed by atoms with E-state index in [4.69, 9.17) is 19.5 Å². The molecule has 1 aliphatic heterocycles. The van der Waals surface area contributed by atoms with Gasteiger partial charge in [-0.15, -0.1) is 0 Å². The fraction of sp³-hybridized carbons (Fsp3) is 0.240. The average Bonchev–Trinajstić information content (AvgIpc) is 2.88. The lowest BCUT2D eigenvalue weighted by atomic mass is 10.0. The van der Waals surface area contributed by atoms with Crippen LogP contribution in [0.5, 0.6) is 11.5 Å². The zero-order valence-corrected chi connectivity index (χ0v) is 18.8. The van der Waals surface area contributed by atoms with Crippen LogP contribution in [-0.2, 0) is 14.8 Å². The SMILES string of the molecule is N#Cc1ccc(-c2ccc(OCCOc3ccc(S(=O)(=O)N4CCOCC4)cc3)cc2)cc1. The first-order valence-electron chi connectivity index (χ1n) is 10.6. The van der Waals surface area contributed by atoms with Crippen molar-refractivity contribution < 1.29 is 22.6 Å². The van der Waals surface area contributed by atoms with Gasteiger partial charge in [0.1, 0.15) is 24.7 Å². The molecule has 0 radical (unpaired) electrons. The minimum absolute atomic E-state index is 0.246. The number of sulfonamides is 1. The minimum atomic E-state index is -3.51. The summed E-state index contributed by atoms with van der Waals surface area (Å²) in [4.78, 5) is 0.246. The quantitative estimate of drug-likeness (QED) is 0.472. The Bertz CT molecular complexity index is 1200. The van der Waals surface area contributed by atoms with Gasteiger partial charge in [0.2, 0.25) is 10.0 Å². The van der Waals surface area contributed by atoms with Crippen LogP contribution in [0.4, 0.5) is 0 Å². The number of hydrogen-bond donors (Lipinski definition) is 0. The van der Waals surface area contributed by atoms with E-state index in [0.717, 1.165) is 16.9 Å². The van der Waals surface area contributed by atoms with Crippen LogP contribution >= 0.6 is 0 Å². The van der Waals surface area contributed by atoms with Crippen LogP contribution in [0.15, 0.2) is 77.7 Å². The van der Waals surface area contributed by atoms with Gasteiger partial charge in [-0.25, -0.2) is 8.42 Å². The number of nitriles is 1. The molecule has 0 aromatic heterocycles. The Morgan fingerprint density at radius 1 is 0.788 bits per heavy atom. The van der Waals surface area contributed by atoms with Crippen LogP contribution in [-0.4, -0.2) is 52.2 Å². The summed E-state index contributed by atoms with van der Waals surface area (Å²) in [6.45, 7) is 2.24. The fourth-order valence-corrected chi connectivity index (χ4v) is 4.85. The first-order chi connectivity index (χ1) is 16.1. The zero-order chi connectivity index (χ0) is 23.1. The Labute approximate surface area is 193 Å². The van der Waals surface area contributed by atoms with Gasteiger partial charge in [0, 0.05) is 13.1 Å². The number of ether oxygens (including phenoxy) is 3. The van der Waals surface area contributed by atoms with Gasteiger partial charge in [-0.2, -0.15) is 9.57 Å². The highest BCUT2D eigenvalue weighted by Crippen LogP contribution is 2.23. The Morgan fingerprint density at radius 3 is 1.79 bits per heavy atom. The van der Waals surface area contributed by atoms with Crippen molar-refractivity contribution in [3.8, 4) is 28.7 Å². The van der Waals surface area contributed by atoms with E-state index in [0.29, 0.717) is 50.8 Å². The third-order valence-electron chi connectivity index (χ3n) is 5.25. The Kier molecular flexibility index (Phi) is 7.25. The predicted molar refractivity (Wildman–Crippen MR) is 124 cm³/mol. The second kappa shape index (κ2) is 10.5. The van der Waals surface area contributed by atoms with E-state index in [1.165, 1.54) is 4.31 Å². The summed E-state index contributed by atoms with van der Waals surface area (Å²) < 4.78 is 43.4. The molecular weight excluding hydrogens is 440 g/mol. The maximum Gasteiger partial charge on any atom is 0.243 e. The molecule has 170 valence electrons. The van der Waals surface area contributed by atoms with Crippen LogP contribution in [0, 0.1) is 11.3 Å². The van der Waals surface area contributed by atoms with Gasteiger partial charge in [-0.05, 0) is 59.7 Å². The largest absolute Gasteiger partial charge is 0.490 e. The summed E-state index contributed by atoms with van der Waals surface area (Å²) in [6.07, 6.45) is 0. The lowest BCUT2D eigenvalue weighted by Crippen LogP contribution is -2.40.